The third kappa shape index (κ3) is 4.48. The topological polar surface area (TPSA) is 38.5 Å². The molecule has 0 bridgehead atoms. The Morgan fingerprint density at radius 2 is 2.00 bits per heavy atom. The summed E-state index contributed by atoms with van der Waals surface area (Å²) < 4.78 is 5.53. The lowest BCUT2D eigenvalue weighted by molar-refractivity contribution is 0.0846. The van der Waals surface area contributed by atoms with Crippen LogP contribution >= 0.6 is 11.6 Å². The molecule has 0 aliphatic rings. The minimum absolute atomic E-state index is 0.00568. The summed E-state index contributed by atoms with van der Waals surface area (Å²) in [7, 11) is 2.01. The molecule has 18 heavy (non-hydrogen) atoms. The molecule has 0 aliphatic carbocycles. The van der Waals surface area contributed by atoms with Gasteiger partial charge in [-0.15, -0.1) is 0 Å². The highest BCUT2D eigenvalue weighted by Gasteiger charge is 2.08. The Morgan fingerprint density at radius 1 is 1.33 bits per heavy atom. The molecular weight excluding hydrogens is 248 g/mol. The fraction of sp³-hybridized carbons (Fsp3) is 0.571. The van der Waals surface area contributed by atoms with Gasteiger partial charge >= 0.3 is 0 Å². The molecule has 0 spiro atoms. The quantitative estimate of drug-likeness (QED) is 0.863. The average molecular weight is 271 g/mol. The van der Waals surface area contributed by atoms with Gasteiger partial charge in [0.2, 0.25) is 0 Å². The smallest absolute Gasteiger partial charge is 0.0644 e. The average Bonchev–Trinajstić information content (AvgIpc) is 2.27. The largest absolute Gasteiger partial charge is 0.377 e. The second-order valence-corrected chi connectivity index (χ2v) is 5.25. The van der Waals surface area contributed by atoms with E-state index in [4.69, 9.17) is 22.1 Å². The zero-order valence-electron chi connectivity index (χ0n) is 11.6. The van der Waals surface area contributed by atoms with E-state index < -0.39 is 0 Å². The van der Waals surface area contributed by atoms with E-state index in [1.165, 1.54) is 0 Å². The fourth-order valence-corrected chi connectivity index (χ4v) is 1.99. The Labute approximate surface area is 115 Å². The summed E-state index contributed by atoms with van der Waals surface area (Å²) in [4.78, 5) is 2.09. The second kappa shape index (κ2) is 6.98. The summed E-state index contributed by atoms with van der Waals surface area (Å²) in [6, 6.07) is 5.97. The molecule has 0 saturated carbocycles. The Balaban J connectivity index is 2.65. The van der Waals surface area contributed by atoms with Gasteiger partial charge in [-0.3, -0.25) is 0 Å². The summed E-state index contributed by atoms with van der Waals surface area (Å²) in [5.41, 5.74) is 7.89. The fourth-order valence-electron chi connectivity index (χ4n) is 1.66. The van der Waals surface area contributed by atoms with Crippen molar-refractivity contribution in [3.05, 3.63) is 28.8 Å². The van der Waals surface area contributed by atoms with Gasteiger partial charge in [0.05, 0.1) is 23.4 Å². The van der Waals surface area contributed by atoms with Crippen molar-refractivity contribution in [1.29, 1.82) is 0 Å². The molecule has 0 aliphatic heterocycles. The Hall–Kier alpha value is -0.770. The molecule has 2 N–H and O–H groups in total. The third-order valence-electron chi connectivity index (χ3n) is 2.79. The summed E-state index contributed by atoms with van der Waals surface area (Å²) in [6.45, 7) is 7.52. The summed E-state index contributed by atoms with van der Waals surface area (Å²) in [5.74, 6) is 0. The van der Waals surface area contributed by atoms with Crippen molar-refractivity contribution in [3.8, 4) is 0 Å². The van der Waals surface area contributed by atoms with Crippen molar-refractivity contribution in [1.82, 2.24) is 0 Å². The highest BCUT2D eigenvalue weighted by atomic mass is 35.5. The Morgan fingerprint density at radius 3 is 2.50 bits per heavy atom. The maximum atomic E-state index is 6.27. The normalized spacial score (nSPS) is 12.8. The summed E-state index contributed by atoms with van der Waals surface area (Å²) >= 11 is 6.27. The van der Waals surface area contributed by atoms with E-state index in [1.54, 1.807) is 0 Å². The first-order chi connectivity index (χ1) is 8.41. The molecular formula is C14H23ClN2O. The molecule has 4 heteroatoms. The van der Waals surface area contributed by atoms with Gasteiger partial charge in [-0.05, 0) is 38.5 Å². The zero-order valence-corrected chi connectivity index (χ0v) is 12.4. The Bertz CT molecular complexity index is 380. The van der Waals surface area contributed by atoms with Crippen molar-refractivity contribution < 1.29 is 4.74 Å². The predicted octanol–water partition coefficient (Wildman–Crippen LogP) is 3.22. The van der Waals surface area contributed by atoms with Crippen LogP contribution < -0.4 is 10.6 Å². The number of hydrogen-bond acceptors (Lipinski definition) is 3. The molecule has 0 aromatic heterocycles. The number of halogens is 1. The van der Waals surface area contributed by atoms with Crippen LogP contribution in [0, 0.1) is 0 Å². The van der Waals surface area contributed by atoms with Gasteiger partial charge in [0, 0.05) is 19.6 Å². The van der Waals surface area contributed by atoms with Crippen molar-refractivity contribution >= 4 is 17.3 Å². The lowest BCUT2D eigenvalue weighted by Gasteiger charge is -2.22. The first kappa shape index (κ1) is 15.3. The second-order valence-electron chi connectivity index (χ2n) is 4.84. The van der Waals surface area contributed by atoms with Crippen LogP contribution in [-0.4, -0.2) is 26.3 Å². The molecule has 1 atom stereocenters. The SMILES string of the molecule is CC(C)OCCN(C)c1ccc([C@H](C)N)cc1Cl. The van der Waals surface area contributed by atoms with Crippen LogP contribution in [0.4, 0.5) is 5.69 Å². The summed E-state index contributed by atoms with van der Waals surface area (Å²) in [5, 5.41) is 0.733. The lowest BCUT2D eigenvalue weighted by Crippen LogP contribution is -2.24. The van der Waals surface area contributed by atoms with Gasteiger partial charge in [-0.2, -0.15) is 0 Å². The van der Waals surface area contributed by atoms with Gasteiger partial charge in [-0.25, -0.2) is 0 Å². The molecule has 1 rings (SSSR count). The van der Waals surface area contributed by atoms with E-state index in [1.807, 2.05) is 46.0 Å². The molecule has 0 fully saturated rings. The van der Waals surface area contributed by atoms with Crippen LogP contribution in [-0.2, 0) is 4.74 Å². The number of hydrogen-bond donors (Lipinski definition) is 1. The minimum Gasteiger partial charge on any atom is -0.377 e. The van der Waals surface area contributed by atoms with Crippen molar-refractivity contribution in [2.75, 3.05) is 25.1 Å². The standard InChI is InChI=1S/C14H23ClN2O/c1-10(2)18-8-7-17(4)14-6-5-12(11(3)16)9-13(14)15/h5-6,9-11H,7-8,16H2,1-4H3/t11-/m0/s1. The number of anilines is 1. The zero-order chi connectivity index (χ0) is 13.7. The number of benzene rings is 1. The van der Waals surface area contributed by atoms with Crippen molar-refractivity contribution in [2.24, 2.45) is 5.73 Å². The molecule has 0 radical (unpaired) electrons. The third-order valence-corrected chi connectivity index (χ3v) is 3.09. The van der Waals surface area contributed by atoms with Gasteiger partial charge in [-0.1, -0.05) is 17.7 Å². The van der Waals surface area contributed by atoms with Crippen LogP contribution in [0.2, 0.25) is 5.02 Å². The van der Waals surface area contributed by atoms with E-state index in [2.05, 4.69) is 4.90 Å². The first-order valence-electron chi connectivity index (χ1n) is 6.29. The molecule has 0 unspecified atom stereocenters. The van der Waals surface area contributed by atoms with Crippen molar-refractivity contribution in [3.63, 3.8) is 0 Å². The maximum absolute atomic E-state index is 6.27. The minimum atomic E-state index is 0.00568. The van der Waals surface area contributed by atoms with Gasteiger partial charge < -0.3 is 15.4 Å². The van der Waals surface area contributed by atoms with Crippen LogP contribution in [0.25, 0.3) is 0 Å². The van der Waals surface area contributed by atoms with Gasteiger partial charge in [0.25, 0.3) is 0 Å². The van der Waals surface area contributed by atoms with E-state index in [0.29, 0.717) is 6.61 Å². The predicted molar refractivity (Wildman–Crippen MR) is 78.4 cm³/mol. The lowest BCUT2D eigenvalue weighted by atomic mass is 10.1. The Kier molecular flexibility index (Phi) is 5.93. The number of nitrogens with zero attached hydrogens (tertiary/aromatic N) is 1. The van der Waals surface area contributed by atoms with E-state index >= 15 is 0 Å². The monoisotopic (exact) mass is 270 g/mol. The molecule has 102 valence electrons. The first-order valence-corrected chi connectivity index (χ1v) is 6.67. The van der Waals surface area contributed by atoms with Gasteiger partial charge in [0.1, 0.15) is 0 Å². The number of nitrogens with two attached hydrogens (primary N) is 1. The molecule has 1 aromatic carbocycles. The van der Waals surface area contributed by atoms with E-state index in [-0.39, 0.29) is 12.1 Å². The molecule has 3 nitrogen and oxygen atoms in total. The van der Waals surface area contributed by atoms with Crippen molar-refractivity contribution in [2.45, 2.75) is 32.9 Å². The summed E-state index contributed by atoms with van der Waals surface area (Å²) in [6.07, 6.45) is 0.259. The molecule has 0 heterocycles. The number of rotatable bonds is 6. The van der Waals surface area contributed by atoms with E-state index in [9.17, 15) is 0 Å². The van der Waals surface area contributed by atoms with Crippen LogP contribution in [0.1, 0.15) is 32.4 Å². The number of likely N-dealkylation sites (N-methyl/N-ethyl adjacent to an activating group) is 1. The van der Waals surface area contributed by atoms with E-state index in [0.717, 1.165) is 22.8 Å². The molecule has 0 saturated heterocycles. The molecule has 1 aromatic rings. The van der Waals surface area contributed by atoms with Gasteiger partial charge in [0.15, 0.2) is 0 Å². The maximum Gasteiger partial charge on any atom is 0.0644 e. The van der Waals surface area contributed by atoms with Crippen LogP contribution in [0.15, 0.2) is 18.2 Å². The van der Waals surface area contributed by atoms with Crippen LogP contribution in [0.3, 0.4) is 0 Å². The highest BCUT2D eigenvalue weighted by molar-refractivity contribution is 6.33. The molecule has 0 amide bonds. The van der Waals surface area contributed by atoms with Crippen LogP contribution in [0.5, 0.6) is 0 Å². The number of ether oxygens (including phenoxy) is 1. The highest BCUT2D eigenvalue weighted by Crippen LogP contribution is 2.27.